The highest BCUT2D eigenvalue weighted by molar-refractivity contribution is 6.98. The Morgan fingerprint density at radius 1 is 0.433 bits per heavy atom. The van der Waals surface area contributed by atoms with Crippen LogP contribution in [0.1, 0.15) is 98.3 Å². The van der Waals surface area contributed by atoms with E-state index >= 15 is 0 Å². The molecule has 0 aromatic heterocycles. The van der Waals surface area contributed by atoms with E-state index in [4.69, 9.17) is 9.47 Å². The van der Waals surface area contributed by atoms with Crippen molar-refractivity contribution < 1.29 is 9.47 Å². The highest BCUT2D eigenvalue weighted by atomic mass is 16.5. The summed E-state index contributed by atoms with van der Waals surface area (Å²) in [6.45, 7) is 4.45. The minimum Gasteiger partial charge on any atom is -0.458 e. The number of rotatable bonds is 7. The second kappa shape index (κ2) is 15.6. The van der Waals surface area contributed by atoms with Crippen molar-refractivity contribution in [3.8, 4) is 45.3 Å². The minimum absolute atomic E-state index is 0.0362. The van der Waals surface area contributed by atoms with E-state index in [1.165, 1.54) is 120 Å². The van der Waals surface area contributed by atoms with Gasteiger partial charge in [-0.05, 0) is 143 Å². The normalized spacial score (nSPS) is 15.9. The molecule has 2 heterocycles. The zero-order valence-corrected chi connectivity index (χ0v) is 34.9. The van der Waals surface area contributed by atoms with Crippen molar-refractivity contribution in [3.63, 3.8) is 0 Å². The quantitative estimate of drug-likeness (QED) is 0.150. The van der Waals surface area contributed by atoms with E-state index in [9.17, 15) is 0 Å². The van der Waals surface area contributed by atoms with Gasteiger partial charge in [0.25, 0.3) is 6.71 Å². The number of hydrogen-bond donors (Lipinski definition) is 0. The smallest absolute Gasteiger partial charge is 0.260 e. The van der Waals surface area contributed by atoms with Gasteiger partial charge in [0, 0.05) is 29.0 Å². The zero-order chi connectivity index (χ0) is 40.2. The molecule has 4 heteroatoms. The number of nitrogens with zero attached hydrogens (tertiary/aromatic N) is 1. The second-order valence-electron chi connectivity index (χ2n) is 17.8. The van der Waals surface area contributed by atoms with Gasteiger partial charge in [0.1, 0.15) is 23.0 Å². The van der Waals surface area contributed by atoms with Crippen molar-refractivity contribution in [2.24, 2.45) is 0 Å². The second-order valence-corrected chi connectivity index (χ2v) is 17.8. The molecular formula is C56H52BNO2. The van der Waals surface area contributed by atoms with Gasteiger partial charge < -0.3 is 14.4 Å². The van der Waals surface area contributed by atoms with Crippen molar-refractivity contribution in [3.05, 3.63) is 168 Å². The molecule has 2 fully saturated rings. The van der Waals surface area contributed by atoms with Crippen molar-refractivity contribution in [2.45, 2.75) is 89.9 Å². The third-order valence-corrected chi connectivity index (χ3v) is 14.1. The molecule has 0 unspecified atom stereocenters. The zero-order valence-electron chi connectivity index (χ0n) is 34.9. The maximum absolute atomic E-state index is 7.12. The van der Waals surface area contributed by atoms with Crippen LogP contribution in [-0.4, -0.2) is 6.71 Å². The Bertz CT molecular complexity index is 2530. The summed E-state index contributed by atoms with van der Waals surface area (Å²) >= 11 is 0. The van der Waals surface area contributed by atoms with Gasteiger partial charge in [-0.3, -0.25) is 0 Å². The van der Waals surface area contributed by atoms with E-state index < -0.39 is 0 Å². The van der Waals surface area contributed by atoms with Crippen molar-refractivity contribution in [2.75, 3.05) is 4.90 Å². The lowest BCUT2D eigenvalue weighted by atomic mass is 9.34. The van der Waals surface area contributed by atoms with Crippen LogP contribution < -0.4 is 30.8 Å². The average molecular weight is 782 g/mol. The number of ether oxygens (including phenoxy) is 2. The standard InChI is InChI=1S/C56H52BNO2/c1-37-23-25-41(39-15-7-3-8-16-39)31-48(37)43-27-29-50-52(33-43)59-54-35-47(58(45-19-11-5-12-20-45)46-21-13-6-14-22-46)36-55-56(54)57(50)51-30-28-44(34-53(51)60-55)49-32-42(26-24-38(49)2)40-17-9-4-10-18-40/h5-6,11-14,19-36,39-40H,3-4,7-10,15-18H2,1-2H3. The number of aryl methyl sites for hydroxylation is 2. The number of para-hydroxylation sites is 2. The van der Waals surface area contributed by atoms with Crippen LogP contribution in [0, 0.1) is 13.8 Å². The molecule has 11 rings (SSSR count). The van der Waals surface area contributed by atoms with E-state index in [0.717, 1.165) is 45.5 Å². The maximum atomic E-state index is 7.12. The fraction of sp³-hybridized carbons (Fsp3) is 0.250. The van der Waals surface area contributed by atoms with Gasteiger partial charge in [0.15, 0.2) is 0 Å². The molecule has 296 valence electrons. The first kappa shape index (κ1) is 37.0. The van der Waals surface area contributed by atoms with Crippen molar-refractivity contribution in [1.82, 2.24) is 0 Å². The largest absolute Gasteiger partial charge is 0.458 e. The maximum Gasteiger partial charge on any atom is 0.260 e. The Morgan fingerprint density at radius 2 is 0.883 bits per heavy atom. The third-order valence-electron chi connectivity index (χ3n) is 14.1. The van der Waals surface area contributed by atoms with E-state index in [1.54, 1.807) is 0 Å². The lowest BCUT2D eigenvalue weighted by molar-refractivity contribution is 0.443. The summed E-state index contributed by atoms with van der Waals surface area (Å²) in [5, 5.41) is 0. The molecule has 4 aliphatic rings. The van der Waals surface area contributed by atoms with Gasteiger partial charge in [0.2, 0.25) is 0 Å². The van der Waals surface area contributed by atoms with Gasteiger partial charge in [-0.15, -0.1) is 0 Å². The van der Waals surface area contributed by atoms with Crippen LogP contribution in [0.4, 0.5) is 17.1 Å². The summed E-state index contributed by atoms with van der Waals surface area (Å²) < 4.78 is 14.2. The van der Waals surface area contributed by atoms with Crippen LogP contribution in [0.25, 0.3) is 22.3 Å². The van der Waals surface area contributed by atoms with Crippen LogP contribution in [-0.2, 0) is 0 Å². The molecule has 7 aromatic carbocycles. The Balaban J connectivity index is 1.06. The number of anilines is 3. The first-order valence-electron chi connectivity index (χ1n) is 22.5. The van der Waals surface area contributed by atoms with Crippen LogP contribution in [0.3, 0.4) is 0 Å². The Morgan fingerprint density at radius 3 is 1.33 bits per heavy atom. The van der Waals surface area contributed by atoms with E-state index in [1.807, 2.05) is 0 Å². The van der Waals surface area contributed by atoms with Gasteiger partial charge >= 0.3 is 0 Å². The highest BCUT2D eigenvalue weighted by Gasteiger charge is 2.41. The lowest BCUT2D eigenvalue weighted by Gasteiger charge is -2.35. The summed E-state index contributed by atoms with van der Waals surface area (Å²) in [5.41, 5.74) is 17.1. The molecule has 0 N–H and O–H groups in total. The summed E-state index contributed by atoms with van der Waals surface area (Å²) in [5.74, 6) is 4.80. The van der Waals surface area contributed by atoms with Crippen LogP contribution in [0.2, 0.25) is 0 Å². The fourth-order valence-electron chi connectivity index (χ4n) is 10.8. The molecule has 2 saturated carbocycles. The van der Waals surface area contributed by atoms with Gasteiger partial charge in [0.05, 0.1) is 5.69 Å². The monoisotopic (exact) mass is 781 g/mol. The molecule has 2 aliphatic heterocycles. The summed E-state index contributed by atoms with van der Waals surface area (Å²) in [6, 6.07) is 53.9. The Labute approximate surface area is 356 Å². The number of hydrogen-bond acceptors (Lipinski definition) is 3. The molecule has 7 aromatic rings. The molecule has 60 heavy (non-hydrogen) atoms. The SMILES string of the molecule is Cc1ccc(C2CCCCC2)cc1-c1ccc2c(c1)Oc1cc(N(c3ccccc3)c3ccccc3)cc3c1B2c1ccc(-c2cc(C4CCCCC4)ccc2C)cc1O3. The molecule has 0 radical (unpaired) electrons. The average Bonchev–Trinajstić information content (AvgIpc) is 3.30. The molecule has 0 atom stereocenters. The molecule has 2 aliphatic carbocycles. The van der Waals surface area contributed by atoms with Crippen LogP contribution >= 0.6 is 0 Å². The molecule has 0 saturated heterocycles. The van der Waals surface area contributed by atoms with Gasteiger partial charge in [-0.25, -0.2) is 0 Å². The Hall–Kier alpha value is -6.00. The van der Waals surface area contributed by atoms with Gasteiger partial charge in [-0.1, -0.05) is 136 Å². The molecular weight excluding hydrogens is 729 g/mol. The van der Waals surface area contributed by atoms with Crippen LogP contribution in [0.5, 0.6) is 23.0 Å². The molecule has 0 amide bonds. The molecule has 0 bridgehead atoms. The van der Waals surface area contributed by atoms with E-state index in [0.29, 0.717) is 11.8 Å². The fourth-order valence-corrected chi connectivity index (χ4v) is 10.8. The van der Waals surface area contributed by atoms with E-state index in [-0.39, 0.29) is 6.71 Å². The van der Waals surface area contributed by atoms with Gasteiger partial charge in [-0.2, -0.15) is 0 Å². The van der Waals surface area contributed by atoms with E-state index in [2.05, 4.69) is 164 Å². The predicted octanol–water partition coefficient (Wildman–Crippen LogP) is 13.9. The summed E-state index contributed by atoms with van der Waals surface area (Å²) in [7, 11) is 0. The topological polar surface area (TPSA) is 21.7 Å². The third kappa shape index (κ3) is 6.71. The predicted molar refractivity (Wildman–Crippen MR) is 251 cm³/mol. The van der Waals surface area contributed by atoms with Crippen LogP contribution in [0.15, 0.2) is 146 Å². The summed E-state index contributed by atoms with van der Waals surface area (Å²) in [6.07, 6.45) is 13.2. The minimum atomic E-state index is -0.0362. The lowest BCUT2D eigenvalue weighted by Crippen LogP contribution is -2.57. The number of benzene rings is 7. The highest BCUT2D eigenvalue weighted by Crippen LogP contribution is 2.45. The Kier molecular flexibility index (Phi) is 9.60. The molecule has 3 nitrogen and oxygen atoms in total. The summed E-state index contributed by atoms with van der Waals surface area (Å²) in [4.78, 5) is 2.30. The number of fused-ring (bicyclic) bond motifs is 4. The first-order chi connectivity index (χ1) is 29.6. The van der Waals surface area contributed by atoms with Crippen molar-refractivity contribution in [1.29, 1.82) is 0 Å². The van der Waals surface area contributed by atoms with Crippen molar-refractivity contribution >= 4 is 40.2 Å². The first-order valence-corrected chi connectivity index (χ1v) is 22.5. The molecule has 0 spiro atoms.